The fourth-order valence-corrected chi connectivity index (χ4v) is 3.14. The Morgan fingerprint density at radius 2 is 2.27 bits per heavy atom. The van der Waals surface area contributed by atoms with E-state index in [2.05, 4.69) is 21.8 Å². The highest BCUT2D eigenvalue weighted by Gasteiger charge is 2.30. The van der Waals surface area contributed by atoms with Crippen molar-refractivity contribution in [2.45, 2.75) is 19.4 Å². The summed E-state index contributed by atoms with van der Waals surface area (Å²) in [5.41, 5.74) is 1.93. The van der Waals surface area contributed by atoms with Gasteiger partial charge in [-0.05, 0) is 51.2 Å². The number of hydrogen-bond acceptors (Lipinski definition) is 4. The van der Waals surface area contributed by atoms with Crippen LogP contribution in [0.15, 0.2) is 36.3 Å². The first-order valence-corrected chi connectivity index (χ1v) is 7.78. The fourth-order valence-electron chi connectivity index (χ4n) is 3.14. The molecule has 0 radical (unpaired) electrons. The lowest BCUT2D eigenvalue weighted by atomic mass is 10.1. The number of nitrogens with zero attached hydrogens (tertiary/aromatic N) is 3. The van der Waals surface area contributed by atoms with E-state index >= 15 is 0 Å². The van der Waals surface area contributed by atoms with E-state index in [4.69, 9.17) is 4.74 Å². The number of allylic oxidation sites excluding steroid dienone is 2. The normalized spacial score (nSPS) is 22.5. The molecule has 1 atom stereocenters. The number of likely N-dealkylation sites (N-methyl/N-ethyl adjacent to an activating group) is 1. The zero-order valence-electron chi connectivity index (χ0n) is 13.1. The Morgan fingerprint density at radius 3 is 3.00 bits per heavy atom. The van der Waals surface area contributed by atoms with E-state index in [1.165, 1.54) is 0 Å². The number of aromatic nitrogens is 1. The van der Waals surface area contributed by atoms with Crippen LogP contribution >= 0.6 is 0 Å². The molecule has 0 saturated carbocycles. The minimum Gasteiger partial charge on any atom is -0.477 e. The predicted octanol–water partition coefficient (Wildman–Crippen LogP) is 2.69. The van der Waals surface area contributed by atoms with Gasteiger partial charge in [0.2, 0.25) is 5.88 Å². The van der Waals surface area contributed by atoms with Crippen molar-refractivity contribution in [1.29, 1.82) is 0 Å². The maximum absolute atomic E-state index is 13.8. The molecule has 0 aliphatic carbocycles. The van der Waals surface area contributed by atoms with Gasteiger partial charge in [-0.1, -0.05) is 0 Å². The van der Waals surface area contributed by atoms with E-state index in [-0.39, 0.29) is 5.83 Å². The lowest BCUT2D eigenvalue weighted by Crippen LogP contribution is -2.38. The lowest BCUT2D eigenvalue weighted by Gasteiger charge is -2.35. The largest absolute Gasteiger partial charge is 0.477 e. The van der Waals surface area contributed by atoms with Crippen molar-refractivity contribution in [2.24, 2.45) is 0 Å². The van der Waals surface area contributed by atoms with Crippen LogP contribution in [0.3, 0.4) is 0 Å². The Bertz CT molecular complexity index is 599. The molecule has 0 N–H and O–H groups in total. The summed E-state index contributed by atoms with van der Waals surface area (Å²) in [5.74, 6) is 0.517. The summed E-state index contributed by atoms with van der Waals surface area (Å²) in [7, 11) is 2.11. The van der Waals surface area contributed by atoms with Gasteiger partial charge in [-0.25, -0.2) is 9.37 Å². The SMILES string of the molecule is CCOc1ncccc1C1=CC=C(F)CN1[C@@H]1CCN(C)C1. The molecule has 1 aromatic heterocycles. The fraction of sp³-hybridized carbons (Fsp3) is 0.471. The second kappa shape index (κ2) is 6.48. The van der Waals surface area contributed by atoms with E-state index in [1.807, 2.05) is 25.1 Å². The lowest BCUT2D eigenvalue weighted by molar-refractivity contribution is 0.283. The first kappa shape index (κ1) is 15.0. The maximum Gasteiger partial charge on any atom is 0.222 e. The summed E-state index contributed by atoms with van der Waals surface area (Å²) >= 11 is 0. The van der Waals surface area contributed by atoms with Crippen LogP contribution in [-0.4, -0.2) is 54.1 Å². The summed E-state index contributed by atoms with van der Waals surface area (Å²) < 4.78 is 19.5. The number of halogens is 1. The Morgan fingerprint density at radius 1 is 1.41 bits per heavy atom. The number of likely N-dealkylation sites (tertiary alicyclic amines) is 1. The molecule has 3 rings (SSSR count). The number of rotatable bonds is 4. The van der Waals surface area contributed by atoms with E-state index < -0.39 is 0 Å². The van der Waals surface area contributed by atoms with Crippen LogP contribution in [0.4, 0.5) is 4.39 Å². The van der Waals surface area contributed by atoms with Gasteiger partial charge in [-0.15, -0.1) is 0 Å². The standard InChI is InChI=1S/C17H22FN3O/c1-3-22-17-15(5-4-9-19-17)16-7-6-13(18)11-21(16)14-8-10-20(2)12-14/h4-7,9,14H,3,8,10-12H2,1-2H3/t14-/m1/s1. The molecular weight excluding hydrogens is 281 g/mol. The van der Waals surface area contributed by atoms with Crippen molar-refractivity contribution in [3.05, 3.63) is 41.9 Å². The van der Waals surface area contributed by atoms with Crippen molar-refractivity contribution in [2.75, 3.05) is 33.3 Å². The first-order chi connectivity index (χ1) is 10.7. The van der Waals surface area contributed by atoms with Crippen molar-refractivity contribution < 1.29 is 9.13 Å². The molecule has 0 unspecified atom stereocenters. The topological polar surface area (TPSA) is 28.6 Å². The Labute approximate surface area is 130 Å². The quantitative estimate of drug-likeness (QED) is 0.855. The molecule has 22 heavy (non-hydrogen) atoms. The molecule has 0 amide bonds. The van der Waals surface area contributed by atoms with Gasteiger partial charge in [-0.2, -0.15) is 0 Å². The minimum atomic E-state index is -0.0971. The van der Waals surface area contributed by atoms with E-state index in [0.29, 0.717) is 25.1 Å². The average Bonchev–Trinajstić information content (AvgIpc) is 2.95. The maximum atomic E-state index is 13.8. The van der Waals surface area contributed by atoms with Crippen molar-refractivity contribution in [3.63, 3.8) is 0 Å². The predicted molar refractivity (Wildman–Crippen MR) is 85.2 cm³/mol. The molecule has 2 aliphatic heterocycles. The molecular formula is C17H22FN3O. The molecule has 2 aliphatic rings. The van der Waals surface area contributed by atoms with Crippen molar-refractivity contribution >= 4 is 5.70 Å². The van der Waals surface area contributed by atoms with Gasteiger partial charge in [0, 0.05) is 18.8 Å². The molecule has 1 aromatic rings. The molecule has 1 fully saturated rings. The van der Waals surface area contributed by atoms with Crippen molar-refractivity contribution in [1.82, 2.24) is 14.8 Å². The monoisotopic (exact) mass is 303 g/mol. The molecule has 0 bridgehead atoms. The number of hydrogen-bond donors (Lipinski definition) is 0. The second-order valence-corrected chi connectivity index (χ2v) is 5.79. The number of ether oxygens (including phenoxy) is 1. The van der Waals surface area contributed by atoms with Gasteiger partial charge in [-0.3, -0.25) is 0 Å². The van der Waals surface area contributed by atoms with Gasteiger partial charge < -0.3 is 14.5 Å². The molecule has 0 aromatic carbocycles. The average molecular weight is 303 g/mol. The summed E-state index contributed by atoms with van der Waals surface area (Å²) in [6.45, 7) is 4.83. The van der Waals surface area contributed by atoms with Crippen LogP contribution in [0.1, 0.15) is 18.9 Å². The molecule has 3 heterocycles. The van der Waals surface area contributed by atoms with Crippen LogP contribution in [0.25, 0.3) is 5.70 Å². The number of pyridine rings is 1. The molecule has 0 spiro atoms. The third-order valence-corrected chi connectivity index (χ3v) is 4.19. The third-order valence-electron chi connectivity index (χ3n) is 4.19. The minimum absolute atomic E-state index is 0.0971. The van der Waals surface area contributed by atoms with Gasteiger partial charge in [0.15, 0.2) is 0 Å². The highest BCUT2D eigenvalue weighted by Crippen LogP contribution is 2.33. The smallest absolute Gasteiger partial charge is 0.222 e. The van der Waals surface area contributed by atoms with Crippen LogP contribution in [0.5, 0.6) is 5.88 Å². The Kier molecular flexibility index (Phi) is 4.43. The second-order valence-electron chi connectivity index (χ2n) is 5.79. The molecule has 5 heteroatoms. The summed E-state index contributed by atoms with van der Waals surface area (Å²) in [6, 6.07) is 4.21. The zero-order valence-corrected chi connectivity index (χ0v) is 13.1. The summed E-state index contributed by atoms with van der Waals surface area (Å²) in [5, 5.41) is 0. The summed E-state index contributed by atoms with van der Waals surface area (Å²) in [4.78, 5) is 8.76. The van der Waals surface area contributed by atoms with Gasteiger partial charge in [0.1, 0.15) is 5.83 Å². The molecule has 118 valence electrons. The van der Waals surface area contributed by atoms with Crippen molar-refractivity contribution in [3.8, 4) is 5.88 Å². The highest BCUT2D eigenvalue weighted by atomic mass is 19.1. The highest BCUT2D eigenvalue weighted by molar-refractivity contribution is 5.70. The molecule has 4 nitrogen and oxygen atoms in total. The first-order valence-electron chi connectivity index (χ1n) is 7.78. The van der Waals surface area contributed by atoms with Gasteiger partial charge in [0.05, 0.1) is 24.4 Å². The third kappa shape index (κ3) is 2.99. The Balaban J connectivity index is 1.95. The zero-order chi connectivity index (χ0) is 15.5. The van der Waals surface area contributed by atoms with Gasteiger partial charge >= 0.3 is 0 Å². The molecule has 1 saturated heterocycles. The van der Waals surface area contributed by atoms with E-state index in [0.717, 1.165) is 30.8 Å². The van der Waals surface area contributed by atoms with E-state index in [1.54, 1.807) is 12.3 Å². The van der Waals surface area contributed by atoms with Crippen LogP contribution in [0, 0.1) is 0 Å². The van der Waals surface area contributed by atoms with Crippen LogP contribution < -0.4 is 4.74 Å². The van der Waals surface area contributed by atoms with Gasteiger partial charge in [0.25, 0.3) is 0 Å². The summed E-state index contributed by atoms with van der Waals surface area (Å²) in [6.07, 6.45) is 6.16. The van der Waals surface area contributed by atoms with E-state index in [9.17, 15) is 4.39 Å². The Hall–Kier alpha value is -1.88. The van der Waals surface area contributed by atoms with Crippen LogP contribution in [0.2, 0.25) is 0 Å². The van der Waals surface area contributed by atoms with Crippen LogP contribution in [-0.2, 0) is 0 Å².